The first-order valence-corrected chi connectivity index (χ1v) is 6.88. The molecule has 0 aromatic heterocycles. The lowest BCUT2D eigenvalue weighted by atomic mass is 10.1. The molecule has 1 aliphatic rings. The first-order valence-electron chi connectivity index (χ1n) is 6.88. The predicted molar refractivity (Wildman–Crippen MR) is 83.6 cm³/mol. The Bertz CT molecular complexity index is 565. The molecule has 3 heteroatoms. The van der Waals surface area contributed by atoms with Crippen LogP contribution in [0.15, 0.2) is 59.8 Å². The summed E-state index contributed by atoms with van der Waals surface area (Å²) in [7, 11) is 0. The maximum absolute atomic E-state index is 11.9. The zero-order chi connectivity index (χ0) is 14.4. The number of amides is 2. The lowest BCUT2D eigenvalue weighted by Gasteiger charge is -2.08. The summed E-state index contributed by atoms with van der Waals surface area (Å²) >= 11 is 0. The lowest BCUT2D eigenvalue weighted by molar-refractivity contribution is 0.254. The van der Waals surface area contributed by atoms with E-state index >= 15 is 0 Å². The number of nitrogens with one attached hydrogen (secondary N) is 2. The van der Waals surface area contributed by atoms with Crippen LogP contribution in [0, 0.1) is 0 Å². The molecule has 3 nitrogen and oxygen atoms in total. The number of urea groups is 1. The third-order valence-electron chi connectivity index (χ3n) is 3.16. The first kappa shape index (κ1) is 14.1. The normalized spacial score (nSPS) is 14.1. The summed E-state index contributed by atoms with van der Waals surface area (Å²) in [4.78, 5) is 11.9. The van der Waals surface area contributed by atoms with Crippen molar-refractivity contribution in [2.75, 3.05) is 5.32 Å². The van der Waals surface area contributed by atoms with E-state index in [0.29, 0.717) is 0 Å². The number of hydrogen-bond donors (Lipinski definition) is 2. The molecule has 0 saturated carbocycles. The molecule has 0 radical (unpaired) electrons. The minimum atomic E-state index is -0.224. The summed E-state index contributed by atoms with van der Waals surface area (Å²) in [5.41, 5.74) is 4.12. The average Bonchev–Trinajstić information content (AvgIpc) is 2.64. The Morgan fingerprint density at radius 2 is 1.90 bits per heavy atom. The molecular formula is C17H20N2O. The molecule has 2 rings (SSSR count). The van der Waals surface area contributed by atoms with E-state index in [1.54, 1.807) is 0 Å². The number of carbonyl (C=O) groups is 1. The molecule has 2 N–H and O–H groups in total. The second kappa shape index (κ2) is 6.75. The van der Waals surface area contributed by atoms with E-state index in [4.69, 9.17) is 0 Å². The van der Waals surface area contributed by atoms with Gasteiger partial charge in [0, 0.05) is 11.4 Å². The third-order valence-corrected chi connectivity index (χ3v) is 3.16. The van der Waals surface area contributed by atoms with Gasteiger partial charge in [-0.2, -0.15) is 0 Å². The van der Waals surface area contributed by atoms with Crippen molar-refractivity contribution in [3.63, 3.8) is 0 Å². The van der Waals surface area contributed by atoms with Gasteiger partial charge in [-0.3, -0.25) is 0 Å². The Balaban J connectivity index is 1.95. The summed E-state index contributed by atoms with van der Waals surface area (Å²) in [6.45, 7) is 4.18. The number of hydrogen-bond acceptors (Lipinski definition) is 1. The van der Waals surface area contributed by atoms with Gasteiger partial charge in [-0.15, -0.1) is 0 Å². The van der Waals surface area contributed by atoms with Crippen molar-refractivity contribution in [2.24, 2.45) is 0 Å². The highest BCUT2D eigenvalue weighted by Crippen LogP contribution is 2.11. The van der Waals surface area contributed by atoms with Crippen molar-refractivity contribution in [1.82, 2.24) is 5.32 Å². The summed E-state index contributed by atoms with van der Waals surface area (Å²) < 4.78 is 0. The number of anilines is 1. The van der Waals surface area contributed by atoms with Gasteiger partial charge in [0.1, 0.15) is 0 Å². The van der Waals surface area contributed by atoms with Gasteiger partial charge in [0.25, 0.3) is 0 Å². The van der Waals surface area contributed by atoms with Gasteiger partial charge in [0.2, 0.25) is 0 Å². The molecule has 0 atom stereocenters. The molecule has 0 unspecified atom stereocenters. The van der Waals surface area contributed by atoms with Crippen molar-refractivity contribution in [3.8, 4) is 0 Å². The van der Waals surface area contributed by atoms with Gasteiger partial charge in [0.15, 0.2) is 0 Å². The van der Waals surface area contributed by atoms with Crippen LogP contribution in [0.1, 0.15) is 25.8 Å². The number of aryl methyl sites for hydroxylation is 1. The quantitative estimate of drug-likeness (QED) is 0.849. The molecule has 104 valence electrons. The number of benzene rings is 1. The van der Waals surface area contributed by atoms with Gasteiger partial charge in [-0.25, -0.2) is 4.79 Å². The monoisotopic (exact) mass is 268 g/mol. The standard InChI is InChI=1S/C17H20N2O/c1-3-14-8-11-16(12-9-14)19-17(20)18-15-6-4-5-13(2)7-10-15/h4,6-12H,3,5H2,1-2H3,(H2,18,19,20). The second-order valence-corrected chi connectivity index (χ2v) is 4.87. The van der Waals surface area contributed by atoms with Gasteiger partial charge in [-0.1, -0.05) is 36.8 Å². The summed E-state index contributed by atoms with van der Waals surface area (Å²) in [5.74, 6) is 0. The van der Waals surface area contributed by atoms with E-state index in [9.17, 15) is 4.79 Å². The summed E-state index contributed by atoms with van der Waals surface area (Å²) in [6, 6.07) is 7.65. The second-order valence-electron chi connectivity index (χ2n) is 4.87. The molecular weight excluding hydrogens is 248 g/mol. The number of rotatable bonds is 3. The fourth-order valence-corrected chi connectivity index (χ4v) is 1.93. The van der Waals surface area contributed by atoms with Crippen LogP contribution in [0.2, 0.25) is 0 Å². The predicted octanol–water partition coefficient (Wildman–Crippen LogP) is 4.16. The SMILES string of the molecule is CCc1ccc(NC(=O)NC2=CC=C(C)CC=C2)cc1. The van der Waals surface area contributed by atoms with Crippen LogP contribution in [0.4, 0.5) is 10.5 Å². The molecule has 0 fully saturated rings. The number of carbonyl (C=O) groups excluding carboxylic acids is 1. The zero-order valence-electron chi connectivity index (χ0n) is 11.9. The summed E-state index contributed by atoms with van der Waals surface area (Å²) in [6.07, 6.45) is 9.82. The van der Waals surface area contributed by atoms with E-state index in [1.165, 1.54) is 11.1 Å². The number of allylic oxidation sites excluding steroid dienone is 5. The van der Waals surface area contributed by atoms with Gasteiger partial charge in [0.05, 0.1) is 0 Å². The Morgan fingerprint density at radius 1 is 1.15 bits per heavy atom. The topological polar surface area (TPSA) is 41.1 Å². The van der Waals surface area contributed by atoms with E-state index in [2.05, 4.69) is 24.5 Å². The maximum atomic E-state index is 11.9. The smallest absolute Gasteiger partial charge is 0.308 e. The highest BCUT2D eigenvalue weighted by Gasteiger charge is 2.03. The van der Waals surface area contributed by atoms with Crippen LogP contribution < -0.4 is 10.6 Å². The van der Waals surface area contributed by atoms with Crippen LogP contribution in [0.3, 0.4) is 0 Å². The summed E-state index contributed by atoms with van der Waals surface area (Å²) in [5, 5.41) is 5.66. The van der Waals surface area contributed by atoms with Gasteiger partial charge < -0.3 is 10.6 Å². The van der Waals surface area contributed by atoms with Crippen molar-refractivity contribution in [2.45, 2.75) is 26.7 Å². The molecule has 0 aliphatic heterocycles. The highest BCUT2D eigenvalue weighted by atomic mass is 16.2. The van der Waals surface area contributed by atoms with Crippen molar-refractivity contribution in [3.05, 3.63) is 65.4 Å². The molecule has 0 saturated heterocycles. The molecule has 0 heterocycles. The Labute approximate surface area is 120 Å². The molecule has 1 aliphatic carbocycles. The minimum Gasteiger partial charge on any atom is -0.308 e. The van der Waals surface area contributed by atoms with Gasteiger partial charge >= 0.3 is 6.03 Å². The largest absolute Gasteiger partial charge is 0.323 e. The van der Waals surface area contributed by atoms with E-state index < -0.39 is 0 Å². The van der Waals surface area contributed by atoms with E-state index in [1.807, 2.05) is 48.6 Å². The fraction of sp³-hybridized carbons (Fsp3) is 0.235. The molecule has 0 bridgehead atoms. The Kier molecular flexibility index (Phi) is 4.77. The fourth-order valence-electron chi connectivity index (χ4n) is 1.93. The molecule has 1 aromatic rings. The lowest BCUT2D eigenvalue weighted by Crippen LogP contribution is -2.27. The van der Waals surface area contributed by atoms with E-state index in [0.717, 1.165) is 24.2 Å². The van der Waals surface area contributed by atoms with Crippen LogP contribution in [0.5, 0.6) is 0 Å². The van der Waals surface area contributed by atoms with E-state index in [-0.39, 0.29) is 6.03 Å². The highest BCUT2D eigenvalue weighted by molar-refractivity contribution is 5.90. The molecule has 20 heavy (non-hydrogen) atoms. The Hall–Kier alpha value is -2.29. The molecule has 1 aromatic carbocycles. The third kappa shape index (κ3) is 4.12. The van der Waals surface area contributed by atoms with Crippen LogP contribution in [-0.4, -0.2) is 6.03 Å². The Morgan fingerprint density at radius 3 is 2.60 bits per heavy atom. The molecule has 0 spiro atoms. The maximum Gasteiger partial charge on any atom is 0.323 e. The zero-order valence-corrected chi connectivity index (χ0v) is 11.9. The van der Waals surface area contributed by atoms with Crippen molar-refractivity contribution >= 4 is 11.7 Å². The first-order chi connectivity index (χ1) is 9.67. The van der Waals surface area contributed by atoms with Gasteiger partial charge in [-0.05, 0) is 49.6 Å². The van der Waals surface area contributed by atoms with Crippen molar-refractivity contribution in [1.29, 1.82) is 0 Å². The minimum absolute atomic E-state index is 0.224. The van der Waals surface area contributed by atoms with Crippen molar-refractivity contribution < 1.29 is 4.79 Å². The van der Waals surface area contributed by atoms with Crippen LogP contribution >= 0.6 is 0 Å². The molecule has 2 amide bonds. The average molecular weight is 268 g/mol. The van der Waals surface area contributed by atoms with Crippen LogP contribution in [0.25, 0.3) is 0 Å². The van der Waals surface area contributed by atoms with Crippen LogP contribution in [-0.2, 0) is 6.42 Å².